The number of piperidine rings is 1. The number of amides is 2. The molecule has 3 aliphatic rings. The Hall–Kier alpha value is -2.15. The van der Waals surface area contributed by atoms with E-state index in [9.17, 15) is 19.5 Å². The molecule has 1 aromatic heterocycles. The number of aromatic nitrogens is 1. The largest absolute Gasteiger partial charge is 0.387 e. The van der Waals surface area contributed by atoms with E-state index in [4.69, 9.17) is 0 Å². The van der Waals surface area contributed by atoms with Crippen LogP contribution in [0.15, 0.2) is 17.1 Å². The van der Waals surface area contributed by atoms with Gasteiger partial charge in [-0.25, -0.2) is 0 Å². The van der Waals surface area contributed by atoms with Crippen LogP contribution in [0.5, 0.6) is 0 Å². The highest BCUT2D eigenvalue weighted by atomic mass is 16.3. The summed E-state index contributed by atoms with van der Waals surface area (Å²) >= 11 is 0. The zero-order chi connectivity index (χ0) is 26.3. The van der Waals surface area contributed by atoms with Gasteiger partial charge in [0.25, 0.3) is 11.5 Å². The van der Waals surface area contributed by atoms with E-state index in [0.29, 0.717) is 31.0 Å². The second kappa shape index (κ2) is 10.3. The van der Waals surface area contributed by atoms with E-state index in [0.717, 1.165) is 24.8 Å². The van der Waals surface area contributed by atoms with Gasteiger partial charge in [-0.1, -0.05) is 52.9 Å². The van der Waals surface area contributed by atoms with Gasteiger partial charge in [0, 0.05) is 50.8 Å². The summed E-state index contributed by atoms with van der Waals surface area (Å²) in [5.74, 6) is 0.977. The van der Waals surface area contributed by atoms with Gasteiger partial charge in [-0.05, 0) is 43.1 Å². The van der Waals surface area contributed by atoms with E-state index >= 15 is 0 Å². The van der Waals surface area contributed by atoms with Crippen LogP contribution in [-0.2, 0) is 11.3 Å². The Labute approximate surface area is 215 Å². The fourth-order valence-corrected chi connectivity index (χ4v) is 6.32. The predicted molar refractivity (Wildman–Crippen MR) is 141 cm³/mol. The number of hydrogen-bond acceptors (Lipinski definition) is 4. The Morgan fingerprint density at radius 1 is 1.14 bits per heavy atom. The third kappa shape index (κ3) is 5.56. The van der Waals surface area contributed by atoms with Crippen LogP contribution in [0.25, 0.3) is 0 Å². The molecular weight excluding hydrogens is 454 g/mol. The number of carbonyl (C=O) groups excluding carboxylic acids is 2. The lowest BCUT2D eigenvalue weighted by atomic mass is 9.69. The maximum absolute atomic E-state index is 13.3. The molecule has 2 unspecified atom stereocenters. The Morgan fingerprint density at radius 2 is 1.81 bits per heavy atom. The first-order valence-electron chi connectivity index (χ1n) is 13.9. The van der Waals surface area contributed by atoms with E-state index in [1.54, 1.807) is 26.4 Å². The molecule has 1 aromatic rings. The summed E-state index contributed by atoms with van der Waals surface area (Å²) in [5, 5.41) is 11.8. The zero-order valence-electron chi connectivity index (χ0n) is 22.9. The van der Waals surface area contributed by atoms with E-state index in [1.165, 1.54) is 41.6 Å². The third-order valence-corrected chi connectivity index (χ3v) is 9.03. The summed E-state index contributed by atoms with van der Waals surface area (Å²) in [5.41, 5.74) is -0.580. The van der Waals surface area contributed by atoms with Crippen LogP contribution in [0, 0.1) is 17.3 Å². The first-order valence-corrected chi connectivity index (χ1v) is 13.9. The first-order chi connectivity index (χ1) is 16.9. The molecule has 2 atom stereocenters. The molecule has 2 saturated carbocycles. The van der Waals surface area contributed by atoms with Gasteiger partial charge in [-0.2, -0.15) is 0 Å². The van der Waals surface area contributed by atoms with Crippen molar-refractivity contribution in [3.63, 3.8) is 0 Å². The smallest absolute Gasteiger partial charge is 0.255 e. The molecule has 0 aromatic carbocycles. The Kier molecular flexibility index (Phi) is 7.70. The van der Waals surface area contributed by atoms with Gasteiger partial charge in [0.1, 0.15) is 0 Å². The van der Waals surface area contributed by atoms with E-state index < -0.39 is 11.0 Å². The highest BCUT2D eigenvalue weighted by Crippen LogP contribution is 2.43. The molecule has 0 spiro atoms. The lowest BCUT2D eigenvalue weighted by molar-refractivity contribution is -0.157. The van der Waals surface area contributed by atoms with Crippen molar-refractivity contribution in [1.82, 2.24) is 14.4 Å². The summed E-state index contributed by atoms with van der Waals surface area (Å²) in [6.07, 6.45) is 11.3. The van der Waals surface area contributed by atoms with Crippen LogP contribution in [0.3, 0.4) is 0 Å². The number of likely N-dealkylation sites (tertiary alicyclic amines) is 1. The molecule has 1 N–H and O–H groups in total. The van der Waals surface area contributed by atoms with Crippen LogP contribution in [0.2, 0.25) is 0 Å². The van der Waals surface area contributed by atoms with Crippen molar-refractivity contribution in [2.45, 2.75) is 96.6 Å². The Balaban J connectivity index is 1.49. The lowest BCUT2D eigenvalue weighted by Crippen LogP contribution is -2.61. The quantitative estimate of drug-likeness (QED) is 0.614. The van der Waals surface area contributed by atoms with Gasteiger partial charge >= 0.3 is 0 Å². The zero-order valence-corrected chi connectivity index (χ0v) is 22.9. The van der Waals surface area contributed by atoms with Crippen LogP contribution in [0.1, 0.15) is 100 Å². The number of nitrogens with zero attached hydrogens (tertiary/aromatic N) is 3. The number of pyridine rings is 1. The Bertz CT molecular complexity index is 1040. The molecule has 36 heavy (non-hydrogen) atoms. The van der Waals surface area contributed by atoms with Gasteiger partial charge in [0.15, 0.2) is 0 Å². The van der Waals surface area contributed by atoms with Gasteiger partial charge in [-0.15, -0.1) is 0 Å². The van der Waals surface area contributed by atoms with Crippen molar-refractivity contribution in [2.24, 2.45) is 17.3 Å². The molecule has 0 radical (unpaired) electrons. The van der Waals surface area contributed by atoms with E-state index in [-0.39, 0.29) is 35.8 Å². The highest BCUT2D eigenvalue weighted by molar-refractivity contribution is 5.95. The van der Waals surface area contributed by atoms with Crippen LogP contribution in [0.4, 0.5) is 0 Å². The standard InChI is InChI=1S/C29H45N3O4/c1-20(15-21-9-7-6-8-10-21)26(34)31-14-13-29(36,28(2,3)18-31)19-32-17-24(27(35)30(4)5)23(16-25(32)33)22-11-12-22/h16-17,20-22,36H,6-15,18-19H2,1-5H3. The van der Waals surface area contributed by atoms with Crippen LogP contribution in [-0.4, -0.2) is 64.1 Å². The summed E-state index contributed by atoms with van der Waals surface area (Å²) in [4.78, 5) is 42.7. The van der Waals surface area contributed by atoms with Gasteiger partial charge in [-0.3, -0.25) is 14.4 Å². The average Bonchev–Trinajstić information content (AvgIpc) is 3.67. The molecule has 2 amide bonds. The fraction of sp³-hybridized carbons (Fsp3) is 0.759. The molecule has 0 bridgehead atoms. The minimum absolute atomic E-state index is 0.00714. The summed E-state index contributed by atoms with van der Waals surface area (Å²) in [6, 6.07) is 1.59. The molecule has 2 heterocycles. The van der Waals surface area contributed by atoms with Crippen LogP contribution < -0.4 is 5.56 Å². The number of aliphatic hydroxyl groups is 1. The first kappa shape index (κ1) is 26.9. The van der Waals surface area contributed by atoms with E-state index in [2.05, 4.69) is 6.92 Å². The molecular formula is C29H45N3O4. The van der Waals surface area contributed by atoms with Gasteiger partial charge in [0.2, 0.25) is 5.91 Å². The van der Waals surface area contributed by atoms with Gasteiger partial charge < -0.3 is 19.5 Å². The minimum atomic E-state index is -1.17. The maximum Gasteiger partial charge on any atom is 0.255 e. The molecule has 1 aliphatic heterocycles. The number of hydrogen-bond donors (Lipinski definition) is 1. The lowest BCUT2D eigenvalue weighted by Gasteiger charge is -2.51. The molecule has 200 valence electrons. The number of rotatable bonds is 7. The van der Waals surface area contributed by atoms with Crippen molar-refractivity contribution >= 4 is 11.8 Å². The third-order valence-electron chi connectivity index (χ3n) is 9.03. The van der Waals surface area contributed by atoms with Crippen molar-refractivity contribution in [2.75, 3.05) is 27.2 Å². The van der Waals surface area contributed by atoms with Gasteiger partial charge in [0.05, 0.1) is 17.7 Å². The second-order valence-corrected chi connectivity index (χ2v) is 12.6. The predicted octanol–water partition coefficient (Wildman–Crippen LogP) is 4.02. The average molecular weight is 500 g/mol. The van der Waals surface area contributed by atoms with Crippen molar-refractivity contribution in [3.05, 3.63) is 33.7 Å². The summed E-state index contributed by atoms with van der Waals surface area (Å²) in [7, 11) is 3.43. The SMILES string of the molecule is CC(CC1CCCCC1)C(=O)N1CCC(O)(Cn2cc(C(=O)N(C)C)c(C3CC3)cc2=O)C(C)(C)C1. The van der Waals surface area contributed by atoms with Crippen molar-refractivity contribution in [1.29, 1.82) is 0 Å². The van der Waals surface area contributed by atoms with E-state index in [1.807, 2.05) is 18.7 Å². The monoisotopic (exact) mass is 499 g/mol. The molecule has 7 nitrogen and oxygen atoms in total. The Morgan fingerprint density at radius 3 is 2.39 bits per heavy atom. The maximum atomic E-state index is 13.3. The fourth-order valence-electron chi connectivity index (χ4n) is 6.32. The van der Waals surface area contributed by atoms with Crippen LogP contribution >= 0.6 is 0 Å². The highest BCUT2D eigenvalue weighted by Gasteiger charge is 2.49. The van der Waals surface area contributed by atoms with Crippen molar-refractivity contribution in [3.8, 4) is 0 Å². The molecule has 2 aliphatic carbocycles. The molecule has 4 rings (SSSR count). The normalized spacial score (nSPS) is 25.4. The summed E-state index contributed by atoms with van der Waals surface area (Å²) in [6.45, 7) is 7.05. The number of carbonyl (C=O) groups is 2. The second-order valence-electron chi connectivity index (χ2n) is 12.6. The molecule has 7 heteroatoms. The van der Waals surface area contributed by atoms with Crippen molar-refractivity contribution < 1.29 is 14.7 Å². The minimum Gasteiger partial charge on any atom is -0.387 e. The molecule has 1 saturated heterocycles. The summed E-state index contributed by atoms with van der Waals surface area (Å²) < 4.78 is 1.51. The topological polar surface area (TPSA) is 82.8 Å². The molecule has 3 fully saturated rings.